The number of H-pyrrole nitrogens is 1. The van der Waals surface area contributed by atoms with Gasteiger partial charge in [-0.15, -0.1) is 0 Å². The number of nitrogens with one attached hydrogen (secondary N) is 3. The maximum absolute atomic E-state index is 14.1. The molecule has 4 heterocycles. The molecular formula is C32H32ClFN6O. The van der Waals surface area contributed by atoms with Crippen LogP contribution in [-0.4, -0.2) is 49.8 Å². The minimum atomic E-state index is -0.928. The van der Waals surface area contributed by atoms with Gasteiger partial charge < -0.3 is 20.7 Å². The topological polar surface area (TPSA) is 98.7 Å². The van der Waals surface area contributed by atoms with Gasteiger partial charge in [0.2, 0.25) is 0 Å². The maximum atomic E-state index is 14.1. The molecule has 41 heavy (non-hydrogen) atoms. The van der Waals surface area contributed by atoms with Crippen LogP contribution in [0.1, 0.15) is 50.2 Å². The van der Waals surface area contributed by atoms with Crippen LogP contribution in [0.5, 0.6) is 0 Å². The molecule has 210 valence electrons. The third kappa shape index (κ3) is 4.84. The third-order valence-electron chi connectivity index (χ3n) is 8.46. The lowest BCUT2D eigenvalue weighted by molar-refractivity contribution is 0.0229. The summed E-state index contributed by atoms with van der Waals surface area (Å²) in [5.41, 5.74) is 5.16. The van der Waals surface area contributed by atoms with Crippen LogP contribution < -0.4 is 10.6 Å². The Balaban J connectivity index is 1.42. The lowest BCUT2D eigenvalue weighted by atomic mass is 9.90. The van der Waals surface area contributed by atoms with Crippen molar-refractivity contribution >= 4 is 39.4 Å². The summed E-state index contributed by atoms with van der Waals surface area (Å²) < 4.78 is 14.1. The number of β-amino-alcohol motifs (C(OH)–C–C–N with tert-alkyl or cyclic N) is 1. The highest BCUT2D eigenvalue weighted by atomic mass is 35.5. The van der Waals surface area contributed by atoms with Crippen molar-refractivity contribution in [2.45, 2.75) is 57.1 Å². The van der Waals surface area contributed by atoms with Crippen LogP contribution in [0.3, 0.4) is 0 Å². The number of halogens is 2. The second-order valence-electron chi connectivity index (χ2n) is 11.6. The van der Waals surface area contributed by atoms with Crippen LogP contribution in [-0.2, 0) is 6.42 Å². The summed E-state index contributed by atoms with van der Waals surface area (Å²) in [7, 11) is 0. The first-order valence-corrected chi connectivity index (χ1v) is 14.7. The molecule has 0 spiro atoms. The molecule has 5 aromatic rings. The number of aliphatic hydroxyl groups is 1. The van der Waals surface area contributed by atoms with Crippen molar-refractivity contribution in [3.05, 3.63) is 70.6 Å². The van der Waals surface area contributed by atoms with Crippen molar-refractivity contribution in [3.8, 4) is 22.6 Å². The van der Waals surface area contributed by atoms with Crippen LogP contribution in [0.15, 0.2) is 48.7 Å². The monoisotopic (exact) mass is 570 g/mol. The normalized spacial score (nSPS) is 21.0. The predicted octanol–water partition coefficient (Wildman–Crippen LogP) is 6.60. The lowest BCUT2D eigenvalue weighted by Gasteiger charge is -2.38. The van der Waals surface area contributed by atoms with Crippen LogP contribution in [0, 0.1) is 5.82 Å². The average molecular weight is 571 g/mol. The zero-order valence-corrected chi connectivity index (χ0v) is 23.8. The summed E-state index contributed by atoms with van der Waals surface area (Å²) in [5.74, 6) is 1.45. The first-order valence-electron chi connectivity index (χ1n) is 14.3. The van der Waals surface area contributed by atoms with E-state index in [1.165, 1.54) is 23.3 Å². The molecular weight excluding hydrogens is 539 g/mol. The molecule has 1 saturated heterocycles. The zero-order valence-electron chi connectivity index (χ0n) is 23.1. The van der Waals surface area contributed by atoms with Crippen LogP contribution >= 0.6 is 11.6 Å². The fraction of sp³-hybridized carbons (Fsp3) is 0.344. The summed E-state index contributed by atoms with van der Waals surface area (Å²) in [6.45, 7) is 5.36. The smallest absolute Gasteiger partial charge is 0.162 e. The maximum Gasteiger partial charge on any atom is 0.162 e. The minimum Gasteiger partial charge on any atom is -0.387 e. The van der Waals surface area contributed by atoms with Crippen molar-refractivity contribution in [1.82, 2.24) is 25.3 Å². The second kappa shape index (κ2) is 10.0. The summed E-state index contributed by atoms with van der Waals surface area (Å²) in [6, 6.07) is 12.4. The largest absolute Gasteiger partial charge is 0.387 e. The van der Waals surface area contributed by atoms with Gasteiger partial charge >= 0.3 is 0 Å². The van der Waals surface area contributed by atoms with Crippen LogP contribution in [0.4, 0.5) is 10.2 Å². The van der Waals surface area contributed by atoms with E-state index in [9.17, 15) is 9.50 Å². The van der Waals surface area contributed by atoms with Gasteiger partial charge in [-0.3, -0.25) is 0 Å². The molecule has 2 aliphatic rings. The van der Waals surface area contributed by atoms with Crippen molar-refractivity contribution in [3.63, 3.8) is 0 Å². The van der Waals surface area contributed by atoms with Gasteiger partial charge in [0, 0.05) is 40.3 Å². The number of aromatic nitrogens is 4. The Labute approximate surface area is 242 Å². The van der Waals surface area contributed by atoms with Crippen LogP contribution in [0.2, 0.25) is 5.02 Å². The fourth-order valence-electron chi connectivity index (χ4n) is 5.99. The third-order valence-corrected chi connectivity index (χ3v) is 8.79. The van der Waals surface area contributed by atoms with Gasteiger partial charge in [-0.2, -0.15) is 0 Å². The SMILES string of the molecule is CCc1cc(C2CC2)c2c(NC3CCNCC3(C)O)nc(-c3ccnc4[nH]c(-c5cc(F)ccc5Cl)cc34)nc2c1. The molecule has 0 radical (unpaired) electrons. The predicted molar refractivity (Wildman–Crippen MR) is 162 cm³/mol. The number of hydrogen-bond donors (Lipinski definition) is 4. The summed E-state index contributed by atoms with van der Waals surface area (Å²) in [5, 5.41) is 20.5. The average Bonchev–Trinajstić information content (AvgIpc) is 3.72. The van der Waals surface area contributed by atoms with E-state index in [0.717, 1.165) is 59.9 Å². The number of pyridine rings is 1. The van der Waals surface area contributed by atoms with Gasteiger partial charge in [-0.05, 0) is 92.6 Å². The molecule has 4 N–H and O–H groups in total. The zero-order chi connectivity index (χ0) is 28.3. The fourth-order valence-corrected chi connectivity index (χ4v) is 6.21. The molecule has 1 saturated carbocycles. The molecule has 7 nitrogen and oxygen atoms in total. The summed E-state index contributed by atoms with van der Waals surface area (Å²) in [4.78, 5) is 18.1. The van der Waals surface area contributed by atoms with Gasteiger partial charge in [0.15, 0.2) is 5.82 Å². The van der Waals surface area contributed by atoms with E-state index >= 15 is 0 Å². The molecule has 1 aliphatic carbocycles. The van der Waals surface area contributed by atoms with Crippen molar-refractivity contribution in [2.24, 2.45) is 0 Å². The number of aromatic amines is 1. The van der Waals surface area contributed by atoms with Gasteiger partial charge in [0.1, 0.15) is 17.3 Å². The Bertz CT molecular complexity index is 1800. The highest BCUT2D eigenvalue weighted by Gasteiger charge is 2.36. The minimum absolute atomic E-state index is 0.168. The molecule has 2 unspecified atom stereocenters. The molecule has 3 aromatic heterocycles. The molecule has 0 bridgehead atoms. The van der Waals surface area contributed by atoms with E-state index in [2.05, 4.69) is 39.7 Å². The Hall–Kier alpha value is -3.59. The Morgan fingerprint density at radius 2 is 1.95 bits per heavy atom. The molecule has 1 aliphatic heterocycles. The molecule has 0 amide bonds. The molecule has 2 atom stereocenters. The van der Waals surface area contributed by atoms with Crippen molar-refractivity contribution in [2.75, 3.05) is 18.4 Å². The number of hydrogen-bond acceptors (Lipinski definition) is 6. The van der Waals surface area contributed by atoms with Gasteiger partial charge in [-0.1, -0.05) is 24.6 Å². The standard InChI is InChI=1S/C32H32ClFN6O/c1-3-17-12-21(18-4-5-18)28-26(13-17)38-30(40-31(28)39-27-9-10-35-16-32(27,2)41)20-8-11-36-29-22(20)15-25(37-29)23-14-19(34)6-7-24(23)33/h6-8,11-15,18,27,35,41H,3-5,9-10,16H2,1-2H3,(H,36,37)(H,38,39,40). The number of piperidine rings is 1. The first-order chi connectivity index (χ1) is 19.8. The second-order valence-corrected chi connectivity index (χ2v) is 12.0. The van der Waals surface area contributed by atoms with Crippen molar-refractivity contribution < 1.29 is 9.50 Å². The van der Waals surface area contributed by atoms with Gasteiger partial charge in [0.05, 0.1) is 22.2 Å². The lowest BCUT2D eigenvalue weighted by Crippen LogP contribution is -2.56. The molecule has 7 rings (SSSR count). The van der Waals surface area contributed by atoms with Crippen molar-refractivity contribution in [1.29, 1.82) is 0 Å². The van der Waals surface area contributed by atoms with Gasteiger partial charge in [-0.25, -0.2) is 19.3 Å². The van der Waals surface area contributed by atoms with E-state index in [1.54, 1.807) is 12.3 Å². The highest BCUT2D eigenvalue weighted by Crippen LogP contribution is 2.46. The summed E-state index contributed by atoms with van der Waals surface area (Å²) >= 11 is 6.43. The molecule has 2 fully saturated rings. The number of benzene rings is 2. The number of anilines is 1. The van der Waals surface area contributed by atoms with E-state index in [-0.39, 0.29) is 11.9 Å². The molecule has 2 aromatic carbocycles. The number of aryl methyl sites for hydroxylation is 1. The van der Waals surface area contributed by atoms with E-state index in [4.69, 9.17) is 21.6 Å². The Morgan fingerprint density at radius 1 is 1.10 bits per heavy atom. The number of nitrogens with zero attached hydrogens (tertiary/aromatic N) is 3. The quantitative estimate of drug-likeness (QED) is 0.184. The first kappa shape index (κ1) is 26.3. The number of fused-ring (bicyclic) bond motifs is 2. The Morgan fingerprint density at radius 3 is 2.73 bits per heavy atom. The molecule has 9 heteroatoms. The van der Waals surface area contributed by atoms with Gasteiger partial charge in [0.25, 0.3) is 0 Å². The van der Waals surface area contributed by atoms with Crippen LogP contribution in [0.25, 0.3) is 44.6 Å². The van der Waals surface area contributed by atoms with E-state index < -0.39 is 5.60 Å². The van der Waals surface area contributed by atoms with E-state index in [0.29, 0.717) is 40.2 Å². The van der Waals surface area contributed by atoms with E-state index in [1.807, 2.05) is 19.1 Å². The number of rotatable bonds is 6. The summed E-state index contributed by atoms with van der Waals surface area (Å²) in [6.07, 6.45) is 5.73. The highest BCUT2D eigenvalue weighted by molar-refractivity contribution is 6.33. The Kier molecular flexibility index (Phi) is 6.45.